The van der Waals surface area contributed by atoms with Gasteiger partial charge in [-0.25, -0.2) is 9.97 Å². The summed E-state index contributed by atoms with van der Waals surface area (Å²) in [6.07, 6.45) is 1.85. The largest absolute Gasteiger partial charge is 0.384 e. The van der Waals surface area contributed by atoms with Gasteiger partial charge in [-0.05, 0) is 36.4 Å². The molecule has 0 radical (unpaired) electrons. The second-order valence-electron chi connectivity index (χ2n) is 5.51. The number of nitrogens with one attached hydrogen (secondary N) is 1. The van der Waals surface area contributed by atoms with Gasteiger partial charge in [0.25, 0.3) is 5.91 Å². The van der Waals surface area contributed by atoms with E-state index < -0.39 is 0 Å². The molecule has 3 N–H and O–H groups in total. The first-order valence-electron chi connectivity index (χ1n) is 7.79. The minimum atomic E-state index is -0.297. The molecule has 0 fully saturated rings. The molecule has 122 valence electrons. The van der Waals surface area contributed by atoms with Crippen LogP contribution in [0.3, 0.4) is 0 Å². The van der Waals surface area contributed by atoms with Gasteiger partial charge in [0, 0.05) is 11.9 Å². The highest BCUT2D eigenvalue weighted by molar-refractivity contribution is 6.07. The second-order valence-corrected chi connectivity index (χ2v) is 5.51. The molecule has 1 aromatic carbocycles. The molecule has 0 atom stereocenters. The van der Waals surface area contributed by atoms with Crippen molar-refractivity contribution in [2.45, 2.75) is 0 Å². The Kier molecular flexibility index (Phi) is 3.63. The van der Waals surface area contributed by atoms with Gasteiger partial charge in [-0.1, -0.05) is 30.3 Å². The third kappa shape index (κ3) is 2.81. The molecule has 6 nitrogen and oxygen atoms in total. The fourth-order valence-corrected chi connectivity index (χ4v) is 2.69. The number of hydrogen-bond acceptors (Lipinski definition) is 4. The minimum Gasteiger partial charge on any atom is -0.384 e. The van der Waals surface area contributed by atoms with Crippen molar-refractivity contribution in [3.05, 3.63) is 78.6 Å². The number of para-hydroxylation sites is 1. The highest BCUT2D eigenvalue weighted by Crippen LogP contribution is 2.25. The number of nitrogens with two attached hydrogens (primary N) is 1. The highest BCUT2D eigenvalue weighted by Gasteiger charge is 2.21. The molecule has 4 rings (SSSR count). The molecule has 1 amide bonds. The molecule has 0 aliphatic heterocycles. The third-order valence-corrected chi connectivity index (χ3v) is 3.79. The molecule has 0 bridgehead atoms. The average molecular weight is 329 g/mol. The number of aromatic nitrogens is 3. The van der Waals surface area contributed by atoms with Crippen LogP contribution in [0.4, 0.5) is 11.5 Å². The summed E-state index contributed by atoms with van der Waals surface area (Å²) in [5.41, 5.74) is 8.69. The number of benzene rings is 1. The van der Waals surface area contributed by atoms with Crippen LogP contribution in [0, 0.1) is 0 Å². The van der Waals surface area contributed by atoms with Gasteiger partial charge in [0.15, 0.2) is 5.69 Å². The van der Waals surface area contributed by atoms with E-state index in [9.17, 15) is 4.79 Å². The SMILES string of the molecule is Nc1cccc(-c2c(C(=O)Nc3ccccc3)nc3ccccn23)n1. The van der Waals surface area contributed by atoms with E-state index in [4.69, 9.17) is 5.73 Å². The number of pyridine rings is 2. The maximum atomic E-state index is 12.8. The lowest BCUT2D eigenvalue weighted by Crippen LogP contribution is -2.14. The Labute approximate surface area is 144 Å². The lowest BCUT2D eigenvalue weighted by Gasteiger charge is -2.06. The lowest BCUT2D eigenvalue weighted by atomic mass is 10.2. The predicted molar refractivity (Wildman–Crippen MR) is 97.2 cm³/mol. The van der Waals surface area contributed by atoms with E-state index in [1.165, 1.54) is 0 Å². The zero-order valence-electron chi connectivity index (χ0n) is 13.3. The molecular weight excluding hydrogens is 314 g/mol. The zero-order chi connectivity index (χ0) is 17.2. The van der Waals surface area contributed by atoms with Crippen LogP contribution in [0.2, 0.25) is 0 Å². The first-order valence-corrected chi connectivity index (χ1v) is 7.79. The van der Waals surface area contributed by atoms with Crippen molar-refractivity contribution >= 4 is 23.1 Å². The molecule has 0 unspecified atom stereocenters. The quantitative estimate of drug-likeness (QED) is 0.604. The topological polar surface area (TPSA) is 85.3 Å². The molecule has 25 heavy (non-hydrogen) atoms. The van der Waals surface area contributed by atoms with E-state index in [0.29, 0.717) is 34.2 Å². The molecule has 0 aliphatic carbocycles. The fourth-order valence-electron chi connectivity index (χ4n) is 2.69. The maximum absolute atomic E-state index is 12.8. The Hall–Kier alpha value is -3.67. The molecule has 3 aromatic heterocycles. The predicted octanol–water partition coefficient (Wildman–Crippen LogP) is 3.23. The van der Waals surface area contributed by atoms with Crippen molar-refractivity contribution in [3.63, 3.8) is 0 Å². The molecular formula is C19H15N5O. The molecule has 4 aromatic rings. The van der Waals surface area contributed by atoms with Crippen LogP contribution in [0.25, 0.3) is 17.0 Å². The number of anilines is 2. The minimum absolute atomic E-state index is 0.297. The van der Waals surface area contributed by atoms with Gasteiger partial charge < -0.3 is 11.1 Å². The van der Waals surface area contributed by atoms with E-state index in [-0.39, 0.29) is 5.91 Å². The number of carbonyl (C=O) groups excluding carboxylic acids is 1. The van der Waals surface area contributed by atoms with Crippen molar-refractivity contribution in [2.75, 3.05) is 11.1 Å². The van der Waals surface area contributed by atoms with Gasteiger partial charge in [0.1, 0.15) is 17.2 Å². The summed E-state index contributed by atoms with van der Waals surface area (Å²) in [7, 11) is 0. The lowest BCUT2D eigenvalue weighted by molar-refractivity contribution is 0.102. The summed E-state index contributed by atoms with van der Waals surface area (Å²) in [6, 6.07) is 20.2. The number of nitrogens with zero attached hydrogens (tertiary/aromatic N) is 3. The van der Waals surface area contributed by atoms with Crippen molar-refractivity contribution < 1.29 is 4.79 Å². The van der Waals surface area contributed by atoms with Crippen LogP contribution < -0.4 is 11.1 Å². The first kappa shape index (κ1) is 14.9. The zero-order valence-corrected chi connectivity index (χ0v) is 13.3. The summed E-state index contributed by atoms with van der Waals surface area (Å²) in [4.78, 5) is 21.7. The highest BCUT2D eigenvalue weighted by atomic mass is 16.1. The van der Waals surface area contributed by atoms with Gasteiger partial charge >= 0.3 is 0 Å². The molecule has 0 aliphatic rings. The van der Waals surface area contributed by atoms with E-state index in [1.54, 1.807) is 12.1 Å². The Morgan fingerprint density at radius 1 is 0.920 bits per heavy atom. The normalized spacial score (nSPS) is 10.7. The third-order valence-electron chi connectivity index (χ3n) is 3.79. The van der Waals surface area contributed by atoms with E-state index in [1.807, 2.05) is 65.2 Å². The number of fused-ring (bicyclic) bond motifs is 1. The van der Waals surface area contributed by atoms with E-state index in [2.05, 4.69) is 15.3 Å². The standard InChI is InChI=1S/C19H15N5O/c20-15-10-6-9-14(22-15)18-17(23-16-11-4-5-12-24(16)18)19(25)21-13-7-2-1-3-8-13/h1-12H,(H2,20,22)(H,21,25). The van der Waals surface area contributed by atoms with Crippen LogP contribution in [0.1, 0.15) is 10.5 Å². The smallest absolute Gasteiger partial charge is 0.276 e. The number of nitrogen functional groups attached to an aromatic ring is 1. The molecule has 0 saturated heterocycles. The number of amides is 1. The van der Waals surface area contributed by atoms with Crippen LogP contribution in [0.5, 0.6) is 0 Å². The Morgan fingerprint density at radius 3 is 2.52 bits per heavy atom. The van der Waals surface area contributed by atoms with Crippen molar-refractivity contribution in [3.8, 4) is 11.4 Å². The van der Waals surface area contributed by atoms with E-state index in [0.717, 1.165) is 0 Å². The summed E-state index contributed by atoms with van der Waals surface area (Å²) < 4.78 is 1.84. The van der Waals surface area contributed by atoms with Gasteiger partial charge in [0.05, 0.1) is 5.69 Å². The van der Waals surface area contributed by atoms with Crippen LogP contribution in [-0.2, 0) is 0 Å². The Bertz CT molecular complexity index is 1060. The monoisotopic (exact) mass is 329 g/mol. The van der Waals surface area contributed by atoms with Gasteiger partial charge in [-0.15, -0.1) is 0 Å². The first-order chi connectivity index (χ1) is 12.2. The van der Waals surface area contributed by atoms with Crippen LogP contribution in [-0.4, -0.2) is 20.3 Å². The maximum Gasteiger partial charge on any atom is 0.276 e. The van der Waals surface area contributed by atoms with Gasteiger partial charge in [-0.3, -0.25) is 9.20 Å². The molecule has 0 saturated carbocycles. The van der Waals surface area contributed by atoms with Gasteiger partial charge in [0.2, 0.25) is 0 Å². The van der Waals surface area contributed by atoms with Crippen molar-refractivity contribution in [1.82, 2.24) is 14.4 Å². The van der Waals surface area contributed by atoms with Crippen LogP contribution in [0.15, 0.2) is 72.9 Å². The fraction of sp³-hybridized carbons (Fsp3) is 0. The summed E-state index contributed by atoms with van der Waals surface area (Å²) in [5, 5.41) is 2.87. The Morgan fingerprint density at radius 2 is 1.72 bits per heavy atom. The Balaban J connectivity index is 1.86. The number of hydrogen-bond donors (Lipinski definition) is 2. The summed E-state index contributed by atoms with van der Waals surface area (Å²) in [5.74, 6) is 0.0897. The second kappa shape index (κ2) is 6.09. The number of imidazole rings is 1. The van der Waals surface area contributed by atoms with Gasteiger partial charge in [-0.2, -0.15) is 0 Å². The number of rotatable bonds is 3. The van der Waals surface area contributed by atoms with Crippen molar-refractivity contribution in [2.24, 2.45) is 0 Å². The summed E-state index contributed by atoms with van der Waals surface area (Å²) in [6.45, 7) is 0. The molecule has 3 heterocycles. The average Bonchev–Trinajstić information content (AvgIpc) is 3.02. The molecule has 6 heteroatoms. The number of carbonyl (C=O) groups is 1. The van der Waals surface area contributed by atoms with E-state index >= 15 is 0 Å². The van der Waals surface area contributed by atoms with Crippen molar-refractivity contribution in [1.29, 1.82) is 0 Å². The summed E-state index contributed by atoms with van der Waals surface area (Å²) >= 11 is 0. The molecule has 0 spiro atoms. The van der Waals surface area contributed by atoms with Crippen LogP contribution >= 0.6 is 0 Å².